The Labute approximate surface area is 72.5 Å². The zero-order valence-corrected chi connectivity index (χ0v) is 8.00. The van der Waals surface area contributed by atoms with Crippen molar-refractivity contribution >= 4 is 44.2 Å². The van der Waals surface area contributed by atoms with Crippen LogP contribution in [0.4, 0.5) is 3.89 Å². The van der Waals surface area contributed by atoms with Crippen molar-refractivity contribution in [3.63, 3.8) is 0 Å². The quantitative estimate of drug-likeness (QED) is 0.784. The van der Waals surface area contributed by atoms with Gasteiger partial charge in [-0.25, -0.2) is 0 Å². The van der Waals surface area contributed by atoms with E-state index in [1.165, 1.54) is 0 Å². The molecule has 1 aromatic rings. The highest BCUT2D eigenvalue weighted by atomic mass is 79.9. The molecule has 1 aromatic heterocycles. The normalized spacial score (nSPS) is 10.1. The Balaban J connectivity index is 3.01. The number of aromatic nitrogens is 2. The Bertz CT molecular complexity index is 214. The van der Waals surface area contributed by atoms with E-state index in [4.69, 9.17) is 0 Å². The summed E-state index contributed by atoms with van der Waals surface area (Å²) in [6.45, 7) is 0. The highest BCUT2D eigenvalue weighted by Crippen LogP contribution is 2.21. The second kappa shape index (κ2) is 3.03. The van der Waals surface area contributed by atoms with Crippen LogP contribution in [0.2, 0.25) is 0 Å². The Morgan fingerprint density at radius 1 is 1.67 bits per heavy atom. The molecule has 0 N–H and O–H groups in total. The summed E-state index contributed by atoms with van der Waals surface area (Å²) in [6.07, 6.45) is 0. The highest BCUT2D eigenvalue weighted by molar-refractivity contribution is 9.11. The maximum atomic E-state index is 11.8. The fourth-order valence-corrected chi connectivity index (χ4v) is 1.85. The molecular weight excluding hydrogens is 275 g/mol. The molecule has 0 radical (unpaired) electrons. The van der Waals surface area contributed by atoms with Crippen LogP contribution in [-0.2, 0) is 0 Å². The fourth-order valence-electron chi connectivity index (χ4n) is 0.365. The summed E-state index contributed by atoms with van der Waals surface area (Å²) in [7, 11) is 0. The Morgan fingerprint density at radius 2 is 2.33 bits per heavy atom. The third-order valence-electron chi connectivity index (χ3n) is 0.673. The average Bonchev–Trinajstić information content (AvgIpc) is 2.10. The van der Waals surface area contributed by atoms with Crippen LogP contribution in [0.3, 0.4) is 0 Å². The van der Waals surface area contributed by atoms with Crippen molar-refractivity contribution in [2.45, 2.75) is 0 Å². The number of hydrogen-bond acceptors (Lipinski definition) is 2. The van der Waals surface area contributed by atoms with Gasteiger partial charge in [-0.2, -0.15) is 9.19 Å². The van der Waals surface area contributed by atoms with Crippen molar-refractivity contribution in [3.05, 3.63) is 15.3 Å². The van der Waals surface area contributed by atoms with Gasteiger partial charge in [-0.3, -0.25) is 0 Å². The molecular formula is C3HBr2FN2S. The number of rotatable bonds is 1. The van der Waals surface area contributed by atoms with E-state index in [9.17, 15) is 3.89 Å². The minimum atomic E-state index is 0.0449. The van der Waals surface area contributed by atoms with Crippen LogP contribution in [0, 0.1) is 0 Å². The Kier molecular flexibility index (Phi) is 2.54. The highest BCUT2D eigenvalue weighted by Gasteiger charge is 2.01. The molecule has 0 aliphatic carbocycles. The summed E-state index contributed by atoms with van der Waals surface area (Å²) in [5.74, 6) is 0. The smallest absolute Gasteiger partial charge is 0.169 e. The summed E-state index contributed by atoms with van der Waals surface area (Å²) in [5, 5.41) is 3.70. The van der Waals surface area contributed by atoms with Crippen molar-refractivity contribution in [2.24, 2.45) is 0 Å². The topological polar surface area (TPSA) is 17.8 Å². The Morgan fingerprint density at radius 3 is 2.56 bits per heavy atom. The fraction of sp³-hybridized carbons (Fsp3) is 0. The lowest BCUT2D eigenvalue weighted by Crippen LogP contribution is -1.83. The second-order valence-electron chi connectivity index (χ2n) is 1.23. The largest absolute Gasteiger partial charge is 0.188 e. The van der Waals surface area contributed by atoms with E-state index in [-0.39, 0.29) is 12.3 Å². The minimum absolute atomic E-state index is 0.0449. The average molecular weight is 276 g/mol. The lowest BCUT2D eigenvalue weighted by molar-refractivity contribution is 0.866. The van der Waals surface area contributed by atoms with E-state index in [1.807, 2.05) is 0 Å². The van der Waals surface area contributed by atoms with Gasteiger partial charge in [0, 0.05) is 6.07 Å². The number of nitrogens with zero attached hydrogens (tertiary/aromatic N) is 2. The molecule has 0 unspecified atom stereocenters. The van der Waals surface area contributed by atoms with Gasteiger partial charge in [0.15, 0.2) is 12.3 Å². The lowest BCUT2D eigenvalue weighted by atomic mass is 10.8. The van der Waals surface area contributed by atoms with Crippen LogP contribution in [-0.4, -0.2) is 9.19 Å². The second-order valence-corrected chi connectivity index (χ2v) is 3.34. The minimum Gasteiger partial charge on any atom is -0.169 e. The van der Waals surface area contributed by atoms with Crippen molar-refractivity contribution < 1.29 is 3.89 Å². The first-order valence-electron chi connectivity index (χ1n) is 1.94. The molecule has 0 fully saturated rings. The van der Waals surface area contributed by atoms with Crippen molar-refractivity contribution in [2.75, 3.05) is 0 Å². The van der Waals surface area contributed by atoms with Crippen molar-refractivity contribution in [1.29, 1.82) is 0 Å². The first-order valence-corrected chi connectivity index (χ1v) is 4.20. The van der Waals surface area contributed by atoms with Crippen LogP contribution in [0.5, 0.6) is 0 Å². The van der Waals surface area contributed by atoms with Crippen LogP contribution in [0.1, 0.15) is 0 Å². The van der Waals surface area contributed by atoms with Crippen LogP contribution >= 0.6 is 44.2 Å². The van der Waals surface area contributed by atoms with Gasteiger partial charge in [-0.05, 0) is 31.9 Å². The molecule has 0 bridgehead atoms. The van der Waals surface area contributed by atoms with Gasteiger partial charge in [0.05, 0.1) is 0 Å². The van der Waals surface area contributed by atoms with Crippen molar-refractivity contribution in [3.8, 4) is 0 Å². The van der Waals surface area contributed by atoms with Gasteiger partial charge in [-0.1, -0.05) is 0 Å². The molecule has 1 heterocycles. The van der Waals surface area contributed by atoms with Crippen LogP contribution in [0.25, 0.3) is 0 Å². The molecule has 0 spiro atoms. The van der Waals surface area contributed by atoms with Gasteiger partial charge in [0.1, 0.15) is 9.21 Å². The summed E-state index contributed by atoms with van der Waals surface area (Å²) in [6, 6.07) is 1.66. The van der Waals surface area contributed by atoms with E-state index in [0.29, 0.717) is 9.21 Å². The predicted octanol–water partition coefficient (Wildman–Crippen LogP) is 2.79. The summed E-state index contributed by atoms with van der Waals surface area (Å²) in [5.41, 5.74) is 0. The maximum Gasteiger partial charge on any atom is 0.188 e. The number of hydrogen-bond donors (Lipinski definition) is 0. The summed E-state index contributed by atoms with van der Waals surface area (Å²) in [4.78, 5) is 0. The predicted molar refractivity (Wildman–Crippen MR) is 41.7 cm³/mol. The molecule has 0 aliphatic heterocycles. The molecule has 1 rings (SSSR count). The zero-order chi connectivity index (χ0) is 6.85. The third-order valence-corrected chi connectivity index (χ3v) is 2.27. The first kappa shape index (κ1) is 7.56. The lowest BCUT2D eigenvalue weighted by Gasteiger charge is -1.87. The first-order chi connectivity index (χ1) is 4.24. The third kappa shape index (κ3) is 1.68. The van der Waals surface area contributed by atoms with E-state index in [1.54, 1.807) is 6.07 Å². The molecule has 0 aliphatic rings. The molecule has 2 nitrogen and oxygen atoms in total. The molecule has 0 amide bonds. The SMILES string of the molecule is FSn1nc(Br)cc1Br. The zero-order valence-electron chi connectivity index (χ0n) is 4.01. The number of halogens is 3. The van der Waals surface area contributed by atoms with Gasteiger partial charge in [-0.15, -0.1) is 3.89 Å². The van der Waals surface area contributed by atoms with Gasteiger partial charge >= 0.3 is 0 Å². The summed E-state index contributed by atoms with van der Waals surface area (Å²) < 4.78 is 14.1. The van der Waals surface area contributed by atoms with Crippen LogP contribution < -0.4 is 0 Å². The van der Waals surface area contributed by atoms with Gasteiger partial charge in [0.25, 0.3) is 0 Å². The van der Waals surface area contributed by atoms with Gasteiger partial charge < -0.3 is 0 Å². The molecule has 0 saturated heterocycles. The molecule has 0 aromatic carbocycles. The van der Waals surface area contributed by atoms with Gasteiger partial charge in [0.2, 0.25) is 0 Å². The van der Waals surface area contributed by atoms with E-state index in [0.717, 1.165) is 4.09 Å². The molecule has 9 heavy (non-hydrogen) atoms. The summed E-state index contributed by atoms with van der Waals surface area (Å²) >= 11 is 6.21. The van der Waals surface area contributed by atoms with E-state index < -0.39 is 0 Å². The van der Waals surface area contributed by atoms with E-state index in [2.05, 4.69) is 37.0 Å². The Hall–Kier alpha value is 0.450. The van der Waals surface area contributed by atoms with E-state index >= 15 is 0 Å². The monoisotopic (exact) mass is 274 g/mol. The maximum absolute atomic E-state index is 11.8. The molecule has 50 valence electrons. The van der Waals surface area contributed by atoms with Crippen molar-refractivity contribution in [1.82, 2.24) is 9.19 Å². The van der Waals surface area contributed by atoms with Crippen LogP contribution in [0.15, 0.2) is 15.3 Å². The molecule has 0 atom stereocenters. The molecule has 0 saturated carbocycles. The standard InChI is InChI=1S/C3HBr2FN2S/c4-2-1-3(5)8(7-2)9-6/h1H. The molecule has 6 heteroatoms.